The summed E-state index contributed by atoms with van der Waals surface area (Å²) in [7, 11) is 0. The van der Waals surface area contributed by atoms with Gasteiger partial charge >= 0.3 is 5.97 Å². The number of aromatic nitrogens is 3. The SMILES string of the molecule is Cc1nn(-c2ncc([N+](=O)[O-])cc2C(=O)O)c(C)c1Br. The summed E-state index contributed by atoms with van der Waals surface area (Å²) in [5, 5.41) is 24.0. The summed E-state index contributed by atoms with van der Waals surface area (Å²) in [5.41, 5.74) is 0.661. The molecule has 0 amide bonds. The van der Waals surface area contributed by atoms with Gasteiger partial charge in [-0.2, -0.15) is 5.10 Å². The zero-order chi connectivity index (χ0) is 15.0. The van der Waals surface area contributed by atoms with Gasteiger partial charge in [-0.15, -0.1) is 0 Å². The van der Waals surface area contributed by atoms with E-state index in [4.69, 9.17) is 0 Å². The lowest BCUT2D eigenvalue weighted by molar-refractivity contribution is -0.385. The average molecular weight is 341 g/mol. The van der Waals surface area contributed by atoms with E-state index in [2.05, 4.69) is 26.0 Å². The number of nitro groups is 1. The number of hydrogen-bond acceptors (Lipinski definition) is 5. The van der Waals surface area contributed by atoms with Gasteiger partial charge in [0.2, 0.25) is 0 Å². The summed E-state index contributed by atoms with van der Waals surface area (Å²) in [6, 6.07) is 0.967. The Morgan fingerprint density at radius 3 is 2.60 bits per heavy atom. The van der Waals surface area contributed by atoms with Crippen molar-refractivity contribution in [3.05, 3.63) is 43.8 Å². The molecule has 0 saturated heterocycles. The Morgan fingerprint density at radius 1 is 1.50 bits per heavy atom. The van der Waals surface area contributed by atoms with Crippen molar-refractivity contribution in [2.45, 2.75) is 13.8 Å². The fraction of sp³-hybridized carbons (Fsp3) is 0.182. The van der Waals surface area contributed by atoms with Crippen molar-refractivity contribution in [1.29, 1.82) is 0 Å². The van der Waals surface area contributed by atoms with Crippen molar-refractivity contribution < 1.29 is 14.8 Å². The highest BCUT2D eigenvalue weighted by Crippen LogP contribution is 2.25. The highest BCUT2D eigenvalue weighted by atomic mass is 79.9. The molecule has 2 aromatic rings. The Bertz CT molecular complexity index is 725. The van der Waals surface area contributed by atoms with Crippen LogP contribution in [0.3, 0.4) is 0 Å². The summed E-state index contributed by atoms with van der Waals surface area (Å²) < 4.78 is 2.07. The normalized spacial score (nSPS) is 10.6. The minimum atomic E-state index is -1.31. The van der Waals surface area contributed by atoms with Crippen LogP contribution in [0.15, 0.2) is 16.7 Å². The first-order valence-electron chi connectivity index (χ1n) is 5.42. The van der Waals surface area contributed by atoms with E-state index in [-0.39, 0.29) is 17.1 Å². The number of aryl methyl sites for hydroxylation is 1. The van der Waals surface area contributed by atoms with Crippen LogP contribution in [0.5, 0.6) is 0 Å². The molecule has 2 aromatic heterocycles. The first kappa shape index (κ1) is 14.1. The lowest BCUT2D eigenvalue weighted by atomic mass is 10.2. The van der Waals surface area contributed by atoms with Crippen molar-refractivity contribution >= 4 is 27.6 Å². The van der Waals surface area contributed by atoms with Crippen LogP contribution in [-0.2, 0) is 0 Å². The topological polar surface area (TPSA) is 111 Å². The summed E-state index contributed by atoms with van der Waals surface area (Å²) in [6.45, 7) is 3.48. The third kappa shape index (κ3) is 2.27. The zero-order valence-electron chi connectivity index (χ0n) is 10.5. The minimum absolute atomic E-state index is 0.0365. The third-order valence-electron chi connectivity index (χ3n) is 2.70. The fourth-order valence-corrected chi connectivity index (χ4v) is 1.95. The lowest BCUT2D eigenvalue weighted by Gasteiger charge is -2.06. The molecule has 0 aromatic carbocycles. The zero-order valence-corrected chi connectivity index (χ0v) is 12.1. The predicted molar refractivity (Wildman–Crippen MR) is 72.1 cm³/mol. The number of carbonyl (C=O) groups is 1. The van der Waals surface area contributed by atoms with E-state index in [0.29, 0.717) is 11.4 Å². The second kappa shape index (κ2) is 5.00. The maximum Gasteiger partial charge on any atom is 0.339 e. The monoisotopic (exact) mass is 340 g/mol. The maximum atomic E-state index is 11.3. The van der Waals surface area contributed by atoms with Gasteiger partial charge in [-0.1, -0.05) is 0 Å². The van der Waals surface area contributed by atoms with Crippen LogP contribution in [0.4, 0.5) is 5.69 Å². The van der Waals surface area contributed by atoms with Crippen LogP contribution in [0, 0.1) is 24.0 Å². The van der Waals surface area contributed by atoms with E-state index in [1.54, 1.807) is 13.8 Å². The van der Waals surface area contributed by atoms with Crippen LogP contribution in [0.1, 0.15) is 21.7 Å². The second-order valence-electron chi connectivity index (χ2n) is 4.02. The van der Waals surface area contributed by atoms with Gasteiger partial charge in [0.05, 0.1) is 20.8 Å². The Morgan fingerprint density at radius 2 is 2.15 bits per heavy atom. The summed E-state index contributed by atoms with van der Waals surface area (Å²) in [5.74, 6) is -1.27. The first-order chi connectivity index (χ1) is 9.32. The number of carboxylic acid groups (broad SMARTS) is 1. The molecule has 0 atom stereocenters. The molecule has 9 heteroatoms. The van der Waals surface area contributed by atoms with Gasteiger partial charge in [0.25, 0.3) is 5.69 Å². The molecule has 1 N–H and O–H groups in total. The van der Waals surface area contributed by atoms with Gasteiger partial charge in [-0.3, -0.25) is 10.1 Å². The second-order valence-corrected chi connectivity index (χ2v) is 4.82. The van der Waals surface area contributed by atoms with E-state index in [9.17, 15) is 20.0 Å². The maximum absolute atomic E-state index is 11.3. The number of nitrogens with zero attached hydrogens (tertiary/aromatic N) is 4. The number of rotatable bonds is 3. The van der Waals surface area contributed by atoms with Crippen molar-refractivity contribution in [3.63, 3.8) is 0 Å². The van der Waals surface area contributed by atoms with E-state index >= 15 is 0 Å². The molecule has 20 heavy (non-hydrogen) atoms. The van der Waals surface area contributed by atoms with E-state index in [0.717, 1.165) is 16.7 Å². The van der Waals surface area contributed by atoms with Gasteiger partial charge in [-0.25, -0.2) is 14.5 Å². The molecule has 0 aliphatic carbocycles. The number of aromatic carboxylic acids is 1. The smallest absolute Gasteiger partial charge is 0.339 e. The third-order valence-corrected chi connectivity index (χ3v) is 3.84. The molecule has 2 heterocycles. The lowest BCUT2D eigenvalue weighted by Crippen LogP contribution is -2.11. The molecule has 0 aliphatic heterocycles. The van der Waals surface area contributed by atoms with E-state index in [1.165, 1.54) is 4.68 Å². The van der Waals surface area contributed by atoms with Gasteiger partial charge in [-0.05, 0) is 29.8 Å². The highest BCUT2D eigenvalue weighted by molar-refractivity contribution is 9.10. The Balaban J connectivity index is 2.70. The molecular formula is C11H9BrN4O4. The van der Waals surface area contributed by atoms with Crippen LogP contribution >= 0.6 is 15.9 Å². The molecule has 104 valence electrons. The molecule has 0 bridgehead atoms. The van der Waals surface area contributed by atoms with Crippen LogP contribution in [-0.4, -0.2) is 30.8 Å². The molecular weight excluding hydrogens is 332 g/mol. The minimum Gasteiger partial charge on any atom is -0.478 e. The standard InChI is InChI=1S/C11H9BrN4O4/c1-5-9(12)6(2)15(14-5)10-8(11(17)18)3-7(4-13-10)16(19)20/h3-4H,1-2H3,(H,17,18). The van der Waals surface area contributed by atoms with Crippen molar-refractivity contribution in [2.75, 3.05) is 0 Å². The van der Waals surface area contributed by atoms with Gasteiger partial charge in [0, 0.05) is 6.07 Å². The predicted octanol–water partition coefficient (Wildman–Crippen LogP) is 2.25. The highest BCUT2D eigenvalue weighted by Gasteiger charge is 2.21. The Labute approximate surface area is 121 Å². The molecule has 0 unspecified atom stereocenters. The average Bonchev–Trinajstić information content (AvgIpc) is 2.65. The molecule has 2 rings (SSSR count). The Hall–Kier alpha value is -2.29. The van der Waals surface area contributed by atoms with Gasteiger partial charge < -0.3 is 5.11 Å². The number of hydrogen-bond donors (Lipinski definition) is 1. The van der Waals surface area contributed by atoms with Crippen molar-refractivity contribution in [2.24, 2.45) is 0 Å². The Kier molecular flexibility index (Phi) is 3.53. The van der Waals surface area contributed by atoms with Gasteiger partial charge in [0.15, 0.2) is 5.82 Å². The summed E-state index contributed by atoms with van der Waals surface area (Å²) >= 11 is 3.33. The quantitative estimate of drug-likeness (QED) is 0.677. The van der Waals surface area contributed by atoms with E-state index in [1.807, 2.05) is 0 Å². The molecule has 8 nitrogen and oxygen atoms in total. The molecule has 0 saturated carbocycles. The van der Waals surface area contributed by atoms with E-state index < -0.39 is 10.9 Å². The molecule has 0 spiro atoms. The van der Waals surface area contributed by atoms with Crippen LogP contribution < -0.4 is 0 Å². The number of halogens is 1. The summed E-state index contributed by atoms with van der Waals surface area (Å²) in [4.78, 5) is 25.1. The van der Waals surface area contributed by atoms with Crippen LogP contribution in [0.25, 0.3) is 5.82 Å². The molecule has 0 fully saturated rings. The number of carboxylic acids is 1. The van der Waals surface area contributed by atoms with Crippen LogP contribution in [0.2, 0.25) is 0 Å². The first-order valence-corrected chi connectivity index (χ1v) is 6.22. The number of pyridine rings is 1. The van der Waals surface area contributed by atoms with Crippen molar-refractivity contribution in [3.8, 4) is 5.82 Å². The molecule has 0 radical (unpaired) electrons. The van der Waals surface area contributed by atoms with Gasteiger partial charge in [0.1, 0.15) is 11.8 Å². The largest absolute Gasteiger partial charge is 0.478 e. The molecule has 0 aliphatic rings. The summed E-state index contributed by atoms with van der Waals surface area (Å²) in [6.07, 6.45) is 1.01. The van der Waals surface area contributed by atoms with Crippen molar-refractivity contribution in [1.82, 2.24) is 14.8 Å². The fourth-order valence-electron chi connectivity index (χ4n) is 1.70.